The lowest BCUT2D eigenvalue weighted by Gasteiger charge is -2.27. The van der Waals surface area contributed by atoms with Gasteiger partial charge in [0.1, 0.15) is 0 Å². The minimum absolute atomic E-state index is 0.0728. The van der Waals surface area contributed by atoms with Gasteiger partial charge in [-0.15, -0.1) is 0 Å². The maximum atomic E-state index is 11.3. The predicted octanol–water partition coefficient (Wildman–Crippen LogP) is 3.28. The first-order chi connectivity index (χ1) is 9.73. The Labute approximate surface area is 128 Å². The molecular formula is C17H28N2O2. The Hall–Kier alpha value is -1.55. The summed E-state index contributed by atoms with van der Waals surface area (Å²) in [5, 5.41) is 3.49. The molecule has 0 spiro atoms. The number of methoxy groups -OCH3 is 1. The van der Waals surface area contributed by atoms with Crippen LogP contribution in [0.15, 0.2) is 24.3 Å². The Balaban J connectivity index is 2.66. The highest BCUT2D eigenvalue weighted by Gasteiger charge is 2.20. The minimum Gasteiger partial charge on any atom is -0.382 e. The SMILES string of the molecule is COC(C)(C)CC(C)Nc1cccc(CN(C)C(C)=O)c1. The molecule has 1 aromatic rings. The molecule has 4 nitrogen and oxygen atoms in total. The number of anilines is 1. The van der Waals surface area contributed by atoms with Crippen LogP contribution in [0.25, 0.3) is 0 Å². The average molecular weight is 292 g/mol. The van der Waals surface area contributed by atoms with Crippen molar-refractivity contribution in [3.8, 4) is 0 Å². The standard InChI is InChI=1S/C17H28N2O2/c1-13(11-17(3,4)21-6)18-16-9-7-8-15(10-16)12-19(5)14(2)20/h7-10,13,18H,11-12H2,1-6H3. The third kappa shape index (κ3) is 6.17. The second-order valence-electron chi connectivity index (χ2n) is 6.29. The smallest absolute Gasteiger partial charge is 0.219 e. The van der Waals surface area contributed by atoms with Gasteiger partial charge in [-0.2, -0.15) is 0 Å². The third-order valence-electron chi connectivity index (χ3n) is 3.65. The van der Waals surface area contributed by atoms with Crippen LogP contribution in [0.3, 0.4) is 0 Å². The molecule has 21 heavy (non-hydrogen) atoms. The van der Waals surface area contributed by atoms with Gasteiger partial charge in [0.05, 0.1) is 5.60 Å². The van der Waals surface area contributed by atoms with Gasteiger partial charge >= 0.3 is 0 Å². The van der Waals surface area contributed by atoms with Crippen molar-refractivity contribution in [3.05, 3.63) is 29.8 Å². The molecule has 0 saturated carbocycles. The number of amides is 1. The molecule has 1 N–H and O–H groups in total. The van der Waals surface area contributed by atoms with Gasteiger partial charge in [-0.05, 0) is 44.9 Å². The van der Waals surface area contributed by atoms with E-state index in [2.05, 4.69) is 32.2 Å². The first kappa shape index (κ1) is 17.5. The van der Waals surface area contributed by atoms with Crippen molar-refractivity contribution < 1.29 is 9.53 Å². The maximum absolute atomic E-state index is 11.3. The van der Waals surface area contributed by atoms with Crippen molar-refractivity contribution in [1.29, 1.82) is 0 Å². The Morgan fingerprint density at radius 2 is 2.10 bits per heavy atom. The van der Waals surface area contributed by atoms with E-state index < -0.39 is 0 Å². The van der Waals surface area contributed by atoms with Crippen molar-refractivity contribution in [2.75, 3.05) is 19.5 Å². The largest absolute Gasteiger partial charge is 0.382 e. The summed E-state index contributed by atoms with van der Waals surface area (Å²) < 4.78 is 5.46. The zero-order valence-electron chi connectivity index (χ0n) is 14.1. The molecule has 0 aromatic heterocycles. The second kappa shape index (κ2) is 7.46. The van der Waals surface area contributed by atoms with Crippen molar-refractivity contribution in [1.82, 2.24) is 4.90 Å². The van der Waals surface area contributed by atoms with Gasteiger partial charge in [0.25, 0.3) is 0 Å². The fraction of sp³-hybridized carbons (Fsp3) is 0.588. The van der Waals surface area contributed by atoms with Gasteiger partial charge in [0, 0.05) is 39.4 Å². The molecule has 0 aliphatic carbocycles. The highest BCUT2D eigenvalue weighted by atomic mass is 16.5. The van der Waals surface area contributed by atoms with Gasteiger partial charge in [-0.25, -0.2) is 0 Å². The topological polar surface area (TPSA) is 41.6 Å². The number of carbonyl (C=O) groups is 1. The van der Waals surface area contributed by atoms with E-state index in [1.165, 1.54) is 0 Å². The summed E-state index contributed by atoms with van der Waals surface area (Å²) in [6.07, 6.45) is 0.918. The first-order valence-electron chi connectivity index (χ1n) is 7.36. The zero-order chi connectivity index (χ0) is 16.0. The summed E-state index contributed by atoms with van der Waals surface area (Å²) >= 11 is 0. The van der Waals surface area contributed by atoms with Crippen LogP contribution in [0.2, 0.25) is 0 Å². The Morgan fingerprint density at radius 3 is 2.67 bits per heavy atom. The van der Waals surface area contributed by atoms with Crippen LogP contribution in [0.4, 0.5) is 5.69 Å². The first-order valence-corrected chi connectivity index (χ1v) is 7.36. The third-order valence-corrected chi connectivity index (χ3v) is 3.65. The van der Waals surface area contributed by atoms with Crippen LogP contribution in [-0.4, -0.2) is 36.6 Å². The van der Waals surface area contributed by atoms with Crippen LogP contribution >= 0.6 is 0 Å². The highest BCUT2D eigenvalue weighted by Crippen LogP contribution is 2.19. The molecule has 1 atom stereocenters. The maximum Gasteiger partial charge on any atom is 0.219 e. The summed E-state index contributed by atoms with van der Waals surface area (Å²) in [7, 11) is 3.55. The van der Waals surface area contributed by atoms with Gasteiger partial charge in [0.15, 0.2) is 0 Å². The van der Waals surface area contributed by atoms with Gasteiger partial charge in [-0.1, -0.05) is 12.1 Å². The van der Waals surface area contributed by atoms with E-state index in [0.717, 1.165) is 17.7 Å². The highest BCUT2D eigenvalue weighted by molar-refractivity contribution is 5.72. The summed E-state index contributed by atoms with van der Waals surface area (Å²) in [5.74, 6) is 0.0728. The van der Waals surface area contributed by atoms with Crippen molar-refractivity contribution in [2.24, 2.45) is 0 Å². The molecule has 1 aromatic carbocycles. The van der Waals surface area contributed by atoms with E-state index in [0.29, 0.717) is 12.6 Å². The lowest BCUT2D eigenvalue weighted by Crippen LogP contribution is -2.31. The van der Waals surface area contributed by atoms with E-state index in [1.807, 2.05) is 25.2 Å². The van der Waals surface area contributed by atoms with E-state index in [4.69, 9.17) is 4.74 Å². The molecule has 1 unspecified atom stereocenters. The molecule has 4 heteroatoms. The van der Waals surface area contributed by atoms with Crippen LogP contribution < -0.4 is 5.32 Å². The quantitative estimate of drug-likeness (QED) is 0.838. The number of hydrogen-bond acceptors (Lipinski definition) is 3. The molecule has 0 aliphatic heterocycles. The predicted molar refractivity (Wildman–Crippen MR) is 87.4 cm³/mol. The molecular weight excluding hydrogens is 264 g/mol. The summed E-state index contributed by atoms with van der Waals surface area (Å²) in [5.41, 5.74) is 2.05. The van der Waals surface area contributed by atoms with Crippen LogP contribution in [0.1, 0.15) is 39.7 Å². The van der Waals surface area contributed by atoms with Gasteiger partial charge < -0.3 is 15.0 Å². The molecule has 1 rings (SSSR count). The van der Waals surface area contributed by atoms with Crippen LogP contribution in [0.5, 0.6) is 0 Å². The molecule has 0 saturated heterocycles. The summed E-state index contributed by atoms with van der Waals surface area (Å²) in [6, 6.07) is 8.50. The summed E-state index contributed by atoms with van der Waals surface area (Å²) in [6.45, 7) is 8.53. The minimum atomic E-state index is -0.140. The number of nitrogens with one attached hydrogen (secondary N) is 1. The molecule has 0 heterocycles. The number of ether oxygens (including phenoxy) is 1. The van der Waals surface area contributed by atoms with Crippen LogP contribution in [-0.2, 0) is 16.1 Å². The lowest BCUT2D eigenvalue weighted by atomic mass is 9.99. The molecule has 0 aliphatic rings. The zero-order valence-corrected chi connectivity index (χ0v) is 14.1. The van der Waals surface area contributed by atoms with E-state index in [-0.39, 0.29) is 11.5 Å². The number of rotatable bonds is 7. The van der Waals surface area contributed by atoms with Crippen molar-refractivity contribution >= 4 is 11.6 Å². The molecule has 1 amide bonds. The fourth-order valence-electron chi connectivity index (χ4n) is 2.30. The second-order valence-corrected chi connectivity index (χ2v) is 6.29. The Morgan fingerprint density at radius 1 is 1.43 bits per heavy atom. The molecule has 118 valence electrons. The number of carbonyl (C=O) groups excluding carboxylic acids is 1. The normalized spacial score (nSPS) is 12.9. The van der Waals surface area contributed by atoms with Gasteiger partial charge in [-0.3, -0.25) is 4.79 Å². The summed E-state index contributed by atoms with van der Waals surface area (Å²) in [4.78, 5) is 13.0. The lowest BCUT2D eigenvalue weighted by molar-refractivity contribution is -0.128. The number of nitrogens with zero attached hydrogens (tertiary/aromatic N) is 1. The van der Waals surface area contributed by atoms with E-state index in [9.17, 15) is 4.79 Å². The number of benzene rings is 1. The fourth-order valence-corrected chi connectivity index (χ4v) is 2.30. The molecule has 0 radical (unpaired) electrons. The average Bonchev–Trinajstić information content (AvgIpc) is 2.38. The van der Waals surface area contributed by atoms with Crippen LogP contribution in [0, 0.1) is 0 Å². The Bertz CT molecular complexity index is 472. The van der Waals surface area contributed by atoms with E-state index in [1.54, 1.807) is 18.9 Å². The molecule has 0 bridgehead atoms. The van der Waals surface area contributed by atoms with Gasteiger partial charge in [0.2, 0.25) is 5.91 Å². The monoisotopic (exact) mass is 292 g/mol. The van der Waals surface area contributed by atoms with Crippen molar-refractivity contribution in [3.63, 3.8) is 0 Å². The Kier molecular flexibility index (Phi) is 6.21. The molecule has 0 fully saturated rings. The van der Waals surface area contributed by atoms with E-state index >= 15 is 0 Å². The van der Waals surface area contributed by atoms with Crippen molar-refractivity contribution in [2.45, 2.75) is 52.3 Å². The number of hydrogen-bond donors (Lipinski definition) is 1.